The molecule has 0 radical (unpaired) electrons. The van der Waals surface area contributed by atoms with E-state index in [0.29, 0.717) is 12.2 Å². The number of ether oxygens (including phenoxy) is 3. The van der Waals surface area contributed by atoms with Crippen molar-refractivity contribution >= 4 is 83.1 Å². The van der Waals surface area contributed by atoms with Gasteiger partial charge in [0.1, 0.15) is 27.8 Å². The molecule has 1 unspecified atom stereocenters. The van der Waals surface area contributed by atoms with Gasteiger partial charge in [-0.2, -0.15) is 16.8 Å². The maximum Gasteiger partial charge on any atom is 0.338 e. The zero-order chi connectivity index (χ0) is 61.5. The fraction of sp³-hybridized carbons (Fsp3) is 0.317. The molecule has 2 aromatic heterocycles. The summed E-state index contributed by atoms with van der Waals surface area (Å²) in [5, 5.41) is 35.0. The number of esters is 1. The maximum atomic E-state index is 14.0. The average Bonchev–Trinajstić information content (AvgIpc) is 3.57. The molecule has 5 aromatic carbocycles. The van der Waals surface area contributed by atoms with Gasteiger partial charge in [0.05, 0.1) is 33.5 Å². The molecule has 0 aliphatic heterocycles. The number of unbranched alkanes of at least 4 members (excludes halogenated alkanes) is 1. The smallest absolute Gasteiger partial charge is 0.338 e. The Balaban J connectivity index is 0.000000929. The van der Waals surface area contributed by atoms with E-state index in [1.807, 2.05) is 55.5 Å². The van der Waals surface area contributed by atoms with E-state index in [1.54, 1.807) is 31.7 Å². The van der Waals surface area contributed by atoms with Gasteiger partial charge in [0.15, 0.2) is 23.4 Å². The lowest BCUT2D eigenvalue weighted by molar-refractivity contribution is -0.123. The van der Waals surface area contributed by atoms with E-state index in [-0.39, 0.29) is 73.7 Å². The first-order valence-electron chi connectivity index (χ1n) is 26.4. The van der Waals surface area contributed by atoms with Gasteiger partial charge in [0.2, 0.25) is 5.91 Å². The van der Waals surface area contributed by atoms with Crippen molar-refractivity contribution in [2.45, 2.75) is 128 Å². The molecule has 2 amide bonds. The molecule has 6 N–H and O–H groups in total. The van der Waals surface area contributed by atoms with Gasteiger partial charge in [-0.25, -0.2) is 4.79 Å². The number of benzene rings is 5. The molecule has 0 spiro atoms. The van der Waals surface area contributed by atoms with Crippen molar-refractivity contribution in [2.24, 2.45) is 10.2 Å². The number of hydrogen-bond donors (Lipinski definition) is 6. The number of amides is 2. The molecule has 23 heteroatoms. The Labute approximate surface area is 488 Å². The summed E-state index contributed by atoms with van der Waals surface area (Å²) in [6.07, 6.45) is 9.16. The maximum absolute atomic E-state index is 14.0. The van der Waals surface area contributed by atoms with Crippen molar-refractivity contribution in [3.8, 4) is 28.7 Å². The molecule has 0 aliphatic rings. The fourth-order valence-corrected chi connectivity index (χ4v) is 9.21. The van der Waals surface area contributed by atoms with Crippen LogP contribution in [0, 0.1) is 6.92 Å². The average molecular weight is 1200 g/mol. The third-order valence-corrected chi connectivity index (χ3v) is 15.6. The zero-order valence-electron chi connectivity index (χ0n) is 47.7. The van der Waals surface area contributed by atoms with Crippen molar-refractivity contribution in [1.29, 1.82) is 0 Å². The summed E-state index contributed by atoms with van der Waals surface area (Å²) < 4.78 is 88.1. The highest BCUT2D eigenvalue weighted by Crippen LogP contribution is 2.48. The van der Waals surface area contributed by atoms with Crippen LogP contribution in [0.5, 0.6) is 28.7 Å². The number of carbonyl (C=O) groups excluding carboxylic acids is 3. The van der Waals surface area contributed by atoms with Crippen molar-refractivity contribution in [1.82, 2.24) is 9.97 Å². The number of aromatic nitrogens is 2. The molecule has 83 heavy (non-hydrogen) atoms. The molecule has 0 aliphatic carbocycles. The Bertz CT molecular complexity index is 3610. The number of phenols is 2. The number of phenolic OH excluding ortho intramolecular Hbond substituents is 2. The third-order valence-electron chi connectivity index (χ3n) is 13.4. The van der Waals surface area contributed by atoms with Gasteiger partial charge in [-0.15, -0.1) is 10.2 Å². The summed E-state index contributed by atoms with van der Waals surface area (Å²) in [6.45, 7) is 19.1. The second-order valence-electron chi connectivity index (χ2n) is 20.2. The number of azo groups is 1. The summed E-state index contributed by atoms with van der Waals surface area (Å²) in [5.74, 6) is -3.35. The number of carbonyl (C=O) groups is 3. The van der Waals surface area contributed by atoms with Gasteiger partial charge in [-0.05, 0) is 121 Å². The van der Waals surface area contributed by atoms with E-state index in [0.717, 1.165) is 55.5 Å². The van der Waals surface area contributed by atoms with Crippen molar-refractivity contribution < 1.29 is 64.7 Å². The molecule has 1 atom stereocenters. The van der Waals surface area contributed by atoms with Crippen LogP contribution < -0.4 is 20.1 Å². The molecule has 0 saturated heterocycles. The molecule has 7 aromatic rings. The fourth-order valence-electron chi connectivity index (χ4n) is 7.82. The molecule has 20 nitrogen and oxygen atoms in total. The number of hydrogen-bond acceptors (Lipinski definition) is 16. The van der Waals surface area contributed by atoms with E-state index >= 15 is 0 Å². The molecule has 2 heterocycles. The van der Waals surface area contributed by atoms with E-state index in [4.69, 9.17) is 25.8 Å². The van der Waals surface area contributed by atoms with Gasteiger partial charge in [0.25, 0.3) is 26.1 Å². The van der Waals surface area contributed by atoms with Gasteiger partial charge < -0.3 is 35.1 Å². The molecule has 0 saturated carbocycles. The predicted molar refractivity (Wildman–Crippen MR) is 318 cm³/mol. The van der Waals surface area contributed by atoms with E-state index in [1.165, 1.54) is 31.2 Å². The van der Waals surface area contributed by atoms with Crippen LogP contribution in [0.3, 0.4) is 0 Å². The molecular formula is C60H69ClN6O14S2. The summed E-state index contributed by atoms with van der Waals surface area (Å²) in [6, 6.07) is 24.9. The number of nitrogens with one attached hydrogen (secondary N) is 2. The van der Waals surface area contributed by atoms with E-state index in [2.05, 4.69) is 78.4 Å². The van der Waals surface area contributed by atoms with Crippen LogP contribution in [-0.4, -0.2) is 76.6 Å². The first kappa shape index (κ1) is 65.8. The van der Waals surface area contributed by atoms with E-state index in [9.17, 15) is 50.5 Å². The highest BCUT2D eigenvalue weighted by atomic mass is 35.5. The number of fused-ring (bicyclic) bond motifs is 1. The number of halogens is 1. The minimum Gasteiger partial charge on any atom is -0.505 e. The molecular weight excluding hydrogens is 1130 g/mol. The number of nitrogens with zero attached hydrogens (tertiary/aromatic N) is 4. The van der Waals surface area contributed by atoms with Crippen LogP contribution in [0.1, 0.15) is 121 Å². The summed E-state index contributed by atoms with van der Waals surface area (Å²) in [5.41, 5.74) is -0.0101. The Hall–Kier alpha value is -8.02. The van der Waals surface area contributed by atoms with Gasteiger partial charge in [-0.3, -0.25) is 28.7 Å². The number of rotatable bonds is 20. The monoisotopic (exact) mass is 1200 g/mol. The predicted octanol–water partition coefficient (Wildman–Crippen LogP) is 14.2. The van der Waals surface area contributed by atoms with Crippen LogP contribution in [0.4, 0.5) is 22.7 Å². The second kappa shape index (κ2) is 28.8. The highest BCUT2D eigenvalue weighted by Gasteiger charge is 2.31. The van der Waals surface area contributed by atoms with Crippen LogP contribution in [-0.2, 0) is 45.4 Å². The normalized spacial score (nSPS) is 12.1. The Morgan fingerprint density at radius 2 is 1.33 bits per heavy atom. The summed E-state index contributed by atoms with van der Waals surface area (Å²) >= 11 is 6.65. The molecule has 0 bridgehead atoms. The van der Waals surface area contributed by atoms with Crippen LogP contribution in [0.2, 0.25) is 5.02 Å². The van der Waals surface area contributed by atoms with Gasteiger partial charge in [0, 0.05) is 54.3 Å². The first-order chi connectivity index (χ1) is 39.1. The summed E-state index contributed by atoms with van der Waals surface area (Å²) in [4.78, 5) is 45.1. The van der Waals surface area contributed by atoms with Crippen molar-refractivity contribution in [3.05, 3.63) is 149 Å². The lowest BCUT2D eigenvalue weighted by Crippen LogP contribution is -2.33. The quantitative estimate of drug-likeness (QED) is 0.0136. The Morgan fingerprint density at radius 3 is 1.84 bits per heavy atom. The summed E-state index contributed by atoms with van der Waals surface area (Å²) in [7, 11) is -10.3. The molecule has 0 fully saturated rings. The Kier molecular flexibility index (Phi) is 22.8. The lowest BCUT2D eigenvalue weighted by atomic mass is 9.76. The van der Waals surface area contributed by atoms with Crippen LogP contribution >= 0.6 is 11.6 Å². The number of aromatic hydroxyl groups is 2. The van der Waals surface area contributed by atoms with Crippen molar-refractivity contribution in [3.63, 3.8) is 0 Å². The lowest BCUT2D eigenvalue weighted by Gasteiger charge is -2.31. The highest BCUT2D eigenvalue weighted by molar-refractivity contribution is 7.86. The first-order valence-corrected chi connectivity index (χ1v) is 29.7. The molecule has 442 valence electrons. The topological polar surface area (TPSA) is 303 Å². The second-order valence-corrected chi connectivity index (χ2v) is 23.4. The number of anilines is 2. The molecule has 7 rings (SSSR count). The van der Waals surface area contributed by atoms with Crippen LogP contribution in [0.15, 0.2) is 142 Å². The van der Waals surface area contributed by atoms with E-state index < -0.39 is 76.8 Å². The van der Waals surface area contributed by atoms with Gasteiger partial charge >= 0.3 is 5.97 Å². The van der Waals surface area contributed by atoms with Gasteiger partial charge in [-0.1, -0.05) is 97.7 Å². The standard InChI is InChI=1S/C50H59ClN4O14S2.2C5H5N/c1-11-15-20-67-48(60)29-16-18-39(34(22-29)54-55-44-41(71(64,65)66)23-30-21-32(70(61,62)63)25-35(52-28(6)56)42(30)46(44)58)69-40-26-36(45(57)43(51)27(40)5)53-47(59)37(12-2)68-38-19-17-31(49(7,8)13-3)24-33(38)50(9,10)14-4;2*1-2-4-6-5-3-1/h16-19,21-26,37,57-58H,11-15,20H2,1-10H3,(H,52,56)(H,53,59)(H,61,62,63)(H,64,65,66);2*1-5H. The van der Waals surface area contributed by atoms with Crippen LogP contribution in [0.25, 0.3) is 10.8 Å². The minimum atomic E-state index is -5.30. The zero-order valence-corrected chi connectivity index (χ0v) is 50.1. The minimum absolute atomic E-state index is 0.0466. The SMILES string of the molecule is CCCCOC(=O)c1ccc(Oc2cc(NC(=O)C(CC)Oc3ccc(C(C)(C)CC)cc3C(C)(C)CC)c(O)c(Cl)c2C)c(N=Nc2c(S(=O)(=O)O)cc3cc(S(=O)(=O)O)cc(NC(C)=O)c3c2O)c1.c1ccncc1.c1ccncc1. The largest absolute Gasteiger partial charge is 0.505 e. The third kappa shape index (κ3) is 17.5. The Morgan fingerprint density at radius 1 is 0.711 bits per heavy atom. The van der Waals surface area contributed by atoms with Crippen molar-refractivity contribution in [2.75, 3.05) is 17.2 Å². The number of pyridine rings is 2.